The molecule has 0 N–H and O–H groups in total. The van der Waals surface area contributed by atoms with Gasteiger partial charge < -0.3 is 4.74 Å². The number of carbonyl (C=O) groups excluding carboxylic acids is 2. The van der Waals surface area contributed by atoms with Gasteiger partial charge >= 0.3 is 5.97 Å². The summed E-state index contributed by atoms with van der Waals surface area (Å²) < 4.78 is 7.31. The summed E-state index contributed by atoms with van der Waals surface area (Å²) in [7, 11) is 1.32. The van der Waals surface area contributed by atoms with Crippen LogP contribution in [0.2, 0.25) is 0 Å². The molecule has 23 heavy (non-hydrogen) atoms. The smallest absolute Gasteiger partial charge is 0.340 e. The molecule has 3 aromatic rings. The van der Waals surface area contributed by atoms with E-state index in [0.717, 1.165) is 10.2 Å². The first-order valence-corrected chi connectivity index (χ1v) is 7.67. The Morgan fingerprint density at radius 1 is 1.17 bits per heavy atom. The minimum atomic E-state index is -0.483. The van der Waals surface area contributed by atoms with Crippen LogP contribution in [-0.2, 0) is 4.74 Å². The van der Waals surface area contributed by atoms with Crippen molar-refractivity contribution < 1.29 is 14.3 Å². The van der Waals surface area contributed by atoms with Crippen molar-refractivity contribution in [3.05, 3.63) is 69.7 Å². The van der Waals surface area contributed by atoms with E-state index in [9.17, 15) is 9.59 Å². The summed E-state index contributed by atoms with van der Waals surface area (Å²) in [5.74, 6) is -0.670. The molecule has 0 amide bonds. The summed E-state index contributed by atoms with van der Waals surface area (Å²) in [6.07, 6.45) is 1.54. The molecule has 0 fully saturated rings. The van der Waals surface area contributed by atoms with Gasteiger partial charge in [0.1, 0.15) is 0 Å². The van der Waals surface area contributed by atoms with Crippen LogP contribution in [0.15, 0.2) is 47.2 Å². The standard InChI is InChI=1S/C17H13BrN2O3/c1-10-7-14-13(17(22)23-2)8-15(20(14)9-19-10)16(21)11-3-5-12(18)6-4-11/h3-9H,1-2H3. The van der Waals surface area contributed by atoms with Crippen LogP contribution in [0.4, 0.5) is 0 Å². The Kier molecular flexibility index (Phi) is 4.00. The number of aromatic nitrogens is 2. The molecule has 5 nitrogen and oxygen atoms in total. The van der Waals surface area contributed by atoms with Crippen LogP contribution >= 0.6 is 15.9 Å². The van der Waals surface area contributed by atoms with Crippen molar-refractivity contribution in [2.24, 2.45) is 0 Å². The largest absolute Gasteiger partial charge is 0.465 e. The topological polar surface area (TPSA) is 60.7 Å². The van der Waals surface area contributed by atoms with Gasteiger partial charge in [0.25, 0.3) is 0 Å². The van der Waals surface area contributed by atoms with Crippen LogP contribution < -0.4 is 0 Å². The number of fused-ring (bicyclic) bond motifs is 1. The second-order valence-corrected chi connectivity index (χ2v) is 5.97. The molecule has 0 bridgehead atoms. The number of methoxy groups -OCH3 is 1. The van der Waals surface area contributed by atoms with Crippen molar-refractivity contribution in [3.8, 4) is 0 Å². The maximum Gasteiger partial charge on any atom is 0.340 e. The molecule has 0 spiro atoms. The van der Waals surface area contributed by atoms with Gasteiger partial charge in [-0.3, -0.25) is 9.20 Å². The number of ether oxygens (including phenoxy) is 1. The second kappa shape index (κ2) is 5.96. The first-order valence-electron chi connectivity index (χ1n) is 6.87. The third-order valence-corrected chi connectivity index (χ3v) is 4.07. The molecule has 0 saturated heterocycles. The highest BCUT2D eigenvalue weighted by Gasteiger charge is 2.21. The monoisotopic (exact) mass is 372 g/mol. The number of esters is 1. The Balaban J connectivity index is 2.19. The quantitative estimate of drug-likeness (QED) is 0.522. The maximum atomic E-state index is 12.8. The van der Waals surface area contributed by atoms with Crippen molar-refractivity contribution in [1.29, 1.82) is 0 Å². The van der Waals surface area contributed by atoms with Crippen LogP contribution in [0, 0.1) is 6.92 Å². The summed E-state index contributed by atoms with van der Waals surface area (Å²) in [6, 6.07) is 10.4. The molecule has 0 aliphatic heterocycles. The molecule has 1 aromatic carbocycles. The molecule has 0 unspecified atom stereocenters. The minimum Gasteiger partial charge on any atom is -0.465 e. The van der Waals surface area contributed by atoms with E-state index < -0.39 is 5.97 Å². The first kappa shape index (κ1) is 15.4. The number of aryl methyl sites for hydroxylation is 1. The lowest BCUT2D eigenvalue weighted by Crippen LogP contribution is -2.05. The van der Waals surface area contributed by atoms with Crippen molar-refractivity contribution >= 4 is 33.2 Å². The second-order valence-electron chi connectivity index (χ2n) is 5.06. The molecule has 0 radical (unpaired) electrons. The predicted octanol–water partition coefficient (Wildman–Crippen LogP) is 3.42. The molecule has 2 heterocycles. The number of rotatable bonds is 3. The van der Waals surface area contributed by atoms with Gasteiger partial charge in [0, 0.05) is 15.7 Å². The lowest BCUT2D eigenvalue weighted by molar-refractivity contribution is 0.0603. The van der Waals surface area contributed by atoms with Crippen LogP contribution in [0.1, 0.15) is 32.1 Å². The number of hydrogen-bond acceptors (Lipinski definition) is 4. The molecular weight excluding hydrogens is 360 g/mol. The van der Waals surface area contributed by atoms with Crippen molar-refractivity contribution in [2.75, 3.05) is 7.11 Å². The number of halogens is 1. The average Bonchev–Trinajstić information content (AvgIpc) is 2.92. The fourth-order valence-corrected chi connectivity index (χ4v) is 2.66. The molecule has 2 aromatic heterocycles. The third kappa shape index (κ3) is 2.77. The SMILES string of the molecule is COC(=O)c1cc(C(=O)c2ccc(Br)cc2)n2cnc(C)cc12. The highest BCUT2D eigenvalue weighted by molar-refractivity contribution is 9.10. The summed E-state index contributed by atoms with van der Waals surface area (Å²) >= 11 is 3.34. The van der Waals surface area contributed by atoms with Gasteiger partial charge in [-0.05, 0) is 43.3 Å². The van der Waals surface area contributed by atoms with E-state index in [4.69, 9.17) is 4.74 Å². The highest BCUT2D eigenvalue weighted by Crippen LogP contribution is 2.22. The highest BCUT2D eigenvalue weighted by atomic mass is 79.9. The van der Waals surface area contributed by atoms with Crippen molar-refractivity contribution in [2.45, 2.75) is 6.92 Å². The Hall–Kier alpha value is -2.47. The van der Waals surface area contributed by atoms with Crippen molar-refractivity contribution in [3.63, 3.8) is 0 Å². The fourth-order valence-electron chi connectivity index (χ4n) is 2.39. The molecule has 0 aliphatic carbocycles. The Bertz CT molecular complexity index is 913. The van der Waals surface area contributed by atoms with Crippen LogP contribution in [0.3, 0.4) is 0 Å². The van der Waals surface area contributed by atoms with E-state index in [0.29, 0.717) is 22.3 Å². The molecule has 0 atom stereocenters. The van der Waals surface area contributed by atoms with E-state index in [2.05, 4.69) is 20.9 Å². The number of carbonyl (C=O) groups is 2. The molecule has 6 heteroatoms. The molecule has 3 rings (SSSR count). The molecule has 0 aliphatic rings. The van der Waals surface area contributed by atoms with Crippen LogP contribution in [0.5, 0.6) is 0 Å². The van der Waals surface area contributed by atoms with Crippen molar-refractivity contribution in [1.82, 2.24) is 9.38 Å². The maximum absolute atomic E-state index is 12.8. The summed E-state index contributed by atoms with van der Waals surface area (Å²) in [5, 5.41) is 0. The van der Waals surface area contributed by atoms with Gasteiger partial charge in [-0.1, -0.05) is 15.9 Å². The summed E-state index contributed by atoms with van der Waals surface area (Å²) in [5.41, 5.74) is 2.60. The zero-order chi connectivity index (χ0) is 16.6. The fraction of sp³-hybridized carbons (Fsp3) is 0.118. The van der Waals surface area contributed by atoms with Crippen LogP contribution in [-0.4, -0.2) is 28.2 Å². The molecule has 0 saturated carbocycles. The lowest BCUT2D eigenvalue weighted by atomic mass is 10.1. The lowest BCUT2D eigenvalue weighted by Gasteiger charge is -2.03. The zero-order valence-electron chi connectivity index (χ0n) is 12.5. The van der Waals surface area contributed by atoms with Crippen LogP contribution in [0.25, 0.3) is 5.52 Å². The number of nitrogens with zero attached hydrogens (tertiary/aromatic N) is 2. The normalized spacial score (nSPS) is 10.7. The van der Waals surface area contributed by atoms with Gasteiger partial charge in [0.05, 0.1) is 30.2 Å². The van der Waals surface area contributed by atoms with E-state index in [1.54, 1.807) is 47.1 Å². The third-order valence-electron chi connectivity index (χ3n) is 3.54. The average molecular weight is 373 g/mol. The Labute approximate surface area is 141 Å². The zero-order valence-corrected chi connectivity index (χ0v) is 14.1. The first-order chi connectivity index (χ1) is 11.0. The minimum absolute atomic E-state index is 0.187. The van der Waals surface area contributed by atoms with E-state index in [-0.39, 0.29) is 5.78 Å². The van der Waals surface area contributed by atoms with E-state index >= 15 is 0 Å². The Morgan fingerprint density at radius 3 is 2.52 bits per heavy atom. The van der Waals surface area contributed by atoms with Gasteiger partial charge in [-0.2, -0.15) is 0 Å². The number of benzene rings is 1. The van der Waals surface area contributed by atoms with Gasteiger partial charge in [-0.15, -0.1) is 0 Å². The Morgan fingerprint density at radius 2 is 1.87 bits per heavy atom. The molecule has 116 valence electrons. The molecular formula is C17H13BrN2O3. The predicted molar refractivity (Wildman–Crippen MR) is 88.8 cm³/mol. The van der Waals surface area contributed by atoms with Gasteiger partial charge in [0.2, 0.25) is 5.78 Å². The van der Waals surface area contributed by atoms with E-state index in [1.165, 1.54) is 7.11 Å². The van der Waals surface area contributed by atoms with Gasteiger partial charge in [-0.25, -0.2) is 9.78 Å². The van der Waals surface area contributed by atoms with E-state index in [1.807, 2.05) is 6.92 Å². The number of hydrogen-bond donors (Lipinski definition) is 0. The van der Waals surface area contributed by atoms with Gasteiger partial charge in [0.15, 0.2) is 0 Å². The summed E-state index contributed by atoms with van der Waals surface area (Å²) in [6.45, 7) is 1.82. The number of ketones is 1. The summed E-state index contributed by atoms with van der Waals surface area (Å²) in [4.78, 5) is 29.0.